The van der Waals surface area contributed by atoms with Gasteiger partial charge >= 0.3 is 0 Å². The molecule has 0 unspecified atom stereocenters. The Labute approximate surface area is 134 Å². The molecule has 3 rings (SSSR count). The Morgan fingerprint density at radius 2 is 1.96 bits per heavy atom. The number of pyridine rings is 1. The topological polar surface area (TPSA) is 79.5 Å². The molecule has 0 bridgehead atoms. The first kappa shape index (κ1) is 15.4. The number of nitro groups is 1. The predicted octanol–water partition coefficient (Wildman–Crippen LogP) is 3.01. The number of benzene rings is 1. The summed E-state index contributed by atoms with van der Waals surface area (Å²) in [5.41, 5.74) is 1.09. The van der Waals surface area contributed by atoms with Crippen molar-refractivity contribution in [2.45, 2.75) is 25.3 Å². The van der Waals surface area contributed by atoms with E-state index in [1.54, 1.807) is 6.07 Å². The van der Waals surface area contributed by atoms with Crippen LogP contribution in [0.1, 0.15) is 19.3 Å². The van der Waals surface area contributed by atoms with E-state index in [1.165, 1.54) is 12.5 Å². The third-order valence-electron chi connectivity index (χ3n) is 4.25. The smallest absolute Gasteiger partial charge is 0.295 e. The summed E-state index contributed by atoms with van der Waals surface area (Å²) in [6.45, 7) is 0.527. The van der Waals surface area contributed by atoms with Crippen molar-refractivity contribution in [3.63, 3.8) is 0 Å². The van der Waals surface area contributed by atoms with Crippen molar-refractivity contribution >= 4 is 11.5 Å². The Morgan fingerprint density at radius 3 is 2.52 bits per heavy atom. The maximum absolute atomic E-state index is 11.3. The van der Waals surface area contributed by atoms with Crippen LogP contribution in [-0.4, -0.2) is 34.2 Å². The van der Waals surface area contributed by atoms with Gasteiger partial charge in [0.05, 0.1) is 11.5 Å². The third kappa shape index (κ3) is 3.17. The number of hydrogen-bond donors (Lipinski definition) is 1. The van der Waals surface area contributed by atoms with Crippen LogP contribution >= 0.6 is 0 Å². The second-order valence-corrected chi connectivity index (χ2v) is 5.66. The molecular weight excluding hydrogens is 294 g/mol. The molecule has 0 radical (unpaired) electrons. The number of rotatable bonds is 6. The number of aliphatic hydroxyl groups excluding tert-OH is 1. The zero-order chi connectivity index (χ0) is 16.2. The Bertz CT molecular complexity index is 687. The zero-order valence-corrected chi connectivity index (χ0v) is 12.8. The highest BCUT2D eigenvalue weighted by Gasteiger charge is 2.27. The second-order valence-electron chi connectivity index (χ2n) is 5.66. The van der Waals surface area contributed by atoms with Crippen LogP contribution in [0.2, 0.25) is 0 Å². The Hall–Kier alpha value is -2.47. The van der Waals surface area contributed by atoms with Gasteiger partial charge in [0.1, 0.15) is 5.82 Å². The van der Waals surface area contributed by atoms with E-state index in [4.69, 9.17) is 0 Å². The van der Waals surface area contributed by atoms with Gasteiger partial charge in [0.15, 0.2) is 5.69 Å². The largest absolute Gasteiger partial charge is 0.395 e. The summed E-state index contributed by atoms with van der Waals surface area (Å²) in [5.74, 6) is 0.688. The molecule has 1 aliphatic carbocycles. The van der Waals surface area contributed by atoms with Gasteiger partial charge in [-0.1, -0.05) is 30.3 Å². The van der Waals surface area contributed by atoms with E-state index in [2.05, 4.69) is 9.88 Å². The van der Waals surface area contributed by atoms with Crippen LogP contribution in [0.4, 0.5) is 11.5 Å². The van der Waals surface area contributed by atoms with Crippen LogP contribution in [0.5, 0.6) is 0 Å². The maximum Gasteiger partial charge on any atom is 0.295 e. The van der Waals surface area contributed by atoms with Crippen molar-refractivity contribution in [2.75, 3.05) is 18.1 Å². The van der Waals surface area contributed by atoms with Crippen molar-refractivity contribution in [1.29, 1.82) is 0 Å². The first-order valence-electron chi connectivity index (χ1n) is 7.79. The van der Waals surface area contributed by atoms with Crippen LogP contribution in [0, 0.1) is 10.1 Å². The standard InChI is InChI=1S/C17H19N3O3/c21-12-11-19(14-7-4-8-14)16-10-9-15(20(22)23)17(18-16)13-5-2-1-3-6-13/h1-3,5-6,9-10,14,21H,4,7-8,11-12H2. The molecule has 0 amide bonds. The first-order chi connectivity index (χ1) is 11.2. The van der Waals surface area contributed by atoms with Crippen molar-refractivity contribution in [2.24, 2.45) is 0 Å². The van der Waals surface area contributed by atoms with Gasteiger partial charge < -0.3 is 10.0 Å². The quantitative estimate of drug-likeness (QED) is 0.655. The Balaban J connectivity index is 2.04. The summed E-state index contributed by atoms with van der Waals surface area (Å²) in [6.07, 6.45) is 3.31. The molecule has 1 saturated carbocycles. The summed E-state index contributed by atoms with van der Waals surface area (Å²) in [5, 5.41) is 20.6. The van der Waals surface area contributed by atoms with Gasteiger partial charge in [0.2, 0.25) is 0 Å². The van der Waals surface area contributed by atoms with E-state index in [0.29, 0.717) is 24.1 Å². The highest BCUT2D eigenvalue weighted by atomic mass is 16.6. The molecule has 0 aliphatic heterocycles. The molecule has 1 aromatic carbocycles. The summed E-state index contributed by atoms with van der Waals surface area (Å²) in [6, 6.07) is 12.7. The Morgan fingerprint density at radius 1 is 1.22 bits per heavy atom. The third-order valence-corrected chi connectivity index (χ3v) is 4.25. The van der Waals surface area contributed by atoms with Gasteiger partial charge in [-0.25, -0.2) is 4.98 Å². The average Bonchev–Trinajstić information content (AvgIpc) is 2.53. The lowest BCUT2D eigenvalue weighted by Crippen LogP contribution is -2.42. The van der Waals surface area contributed by atoms with Crippen LogP contribution in [0.25, 0.3) is 11.3 Å². The minimum Gasteiger partial charge on any atom is -0.395 e. The van der Waals surface area contributed by atoms with E-state index in [9.17, 15) is 15.2 Å². The lowest BCUT2D eigenvalue weighted by atomic mass is 9.91. The normalized spacial score (nSPS) is 14.3. The minimum absolute atomic E-state index is 0.00231. The SMILES string of the molecule is O=[N+]([O-])c1ccc(N(CCO)C2CCC2)nc1-c1ccccc1. The lowest BCUT2D eigenvalue weighted by Gasteiger charge is -2.38. The summed E-state index contributed by atoms with van der Waals surface area (Å²) in [7, 11) is 0. The molecule has 1 aliphatic rings. The van der Waals surface area contributed by atoms with E-state index in [0.717, 1.165) is 18.4 Å². The summed E-state index contributed by atoms with van der Waals surface area (Å²) >= 11 is 0. The van der Waals surface area contributed by atoms with Gasteiger partial charge in [-0.3, -0.25) is 10.1 Å². The molecule has 1 aromatic heterocycles. The van der Waals surface area contributed by atoms with Crippen molar-refractivity contribution in [1.82, 2.24) is 4.98 Å². The fourth-order valence-electron chi connectivity index (χ4n) is 2.85. The van der Waals surface area contributed by atoms with Gasteiger partial charge in [-0.2, -0.15) is 0 Å². The van der Waals surface area contributed by atoms with E-state index in [-0.39, 0.29) is 12.3 Å². The molecule has 1 N–H and O–H groups in total. The molecule has 2 aromatic rings. The summed E-state index contributed by atoms with van der Waals surface area (Å²) < 4.78 is 0. The first-order valence-corrected chi connectivity index (χ1v) is 7.79. The molecule has 1 heterocycles. The number of hydrogen-bond acceptors (Lipinski definition) is 5. The monoisotopic (exact) mass is 313 g/mol. The molecule has 1 fully saturated rings. The highest BCUT2D eigenvalue weighted by molar-refractivity contribution is 5.71. The Kier molecular flexibility index (Phi) is 4.52. The van der Waals surface area contributed by atoms with E-state index in [1.807, 2.05) is 30.3 Å². The molecule has 23 heavy (non-hydrogen) atoms. The van der Waals surface area contributed by atoms with Crippen molar-refractivity contribution < 1.29 is 10.0 Å². The van der Waals surface area contributed by atoms with E-state index < -0.39 is 4.92 Å². The number of anilines is 1. The maximum atomic E-state index is 11.3. The fourth-order valence-corrected chi connectivity index (χ4v) is 2.85. The average molecular weight is 313 g/mol. The van der Waals surface area contributed by atoms with Crippen molar-refractivity contribution in [3.8, 4) is 11.3 Å². The molecule has 0 spiro atoms. The molecule has 6 nitrogen and oxygen atoms in total. The molecule has 0 atom stereocenters. The lowest BCUT2D eigenvalue weighted by molar-refractivity contribution is -0.384. The van der Waals surface area contributed by atoms with Gasteiger partial charge in [-0.15, -0.1) is 0 Å². The van der Waals surface area contributed by atoms with Crippen LogP contribution in [-0.2, 0) is 0 Å². The summed E-state index contributed by atoms with van der Waals surface area (Å²) in [4.78, 5) is 17.5. The van der Waals surface area contributed by atoms with Gasteiger partial charge in [-0.05, 0) is 25.3 Å². The highest BCUT2D eigenvalue weighted by Crippen LogP contribution is 2.33. The van der Waals surface area contributed by atoms with Crippen LogP contribution in [0.15, 0.2) is 42.5 Å². The van der Waals surface area contributed by atoms with Gasteiger partial charge in [0.25, 0.3) is 5.69 Å². The number of nitrogens with zero attached hydrogens (tertiary/aromatic N) is 3. The molecule has 0 saturated heterocycles. The fraction of sp³-hybridized carbons (Fsp3) is 0.353. The molecule has 6 heteroatoms. The van der Waals surface area contributed by atoms with Gasteiger partial charge in [0, 0.05) is 24.2 Å². The molecule has 120 valence electrons. The minimum atomic E-state index is -0.404. The number of aliphatic hydroxyl groups is 1. The molecular formula is C17H19N3O3. The van der Waals surface area contributed by atoms with E-state index >= 15 is 0 Å². The van der Waals surface area contributed by atoms with Crippen LogP contribution in [0.3, 0.4) is 0 Å². The van der Waals surface area contributed by atoms with Crippen LogP contribution < -0.4 is 4.90 Å². The number of aromatic nitrogens is 1. The second kappa shape index (κ2) is 6.75. The van der Waals surface area contributed by atoms with Crippen molar-refractivity contribution in [3.05, 3.63) is 52.6 Å². The predicted molar refractivity (Wildman–Crippen MR) is 88.4 cm³/mol. The zero-order valence-electron chi connectivity index (χ0n) is 12.8.